The number of unbranched alkanes of at least 4 members (excludes halogenated alkanes) is 2. The van der Waals surface area contributed by atoms with Crippen LogP contribution in [0.1, 0.15) is 78.4 Å². The summed E-state index contributed by atoms with van der Waals surface area (Å²) in [6, 6.07) is 26.9. The number of terminal acetylenes is 1. The smallest absolute Gasteiger partial charge is 0.115 e. The van der Waals surface area contributed by atoms with Crippen molar-refractivity contribution in [3.05, 3.63) is 113 Å². The molecule has 0 bridgehead atoms. The van der Waals surface area contributed by atoms with Gasteiger partial charge in [-0.1, -0.05) is 113 Å². The lowest BCUT2D eigenvalue weighted by Gasteiger charge is -2.26. The lowest BCUT2D eigenvalue weighted by atomic mass is 9.96. The van der Waals surface area contributed by atoms with Crippen molar-refractivity contribution < 1.29 is 9.84 Å². The summed E-state index contributed by atoms with van der Waals surface area (Å²) in [5, 5.41) is 21.2. The van der Waals surface area contributed by atoms with Gasteiger partial charge in [-0.3, -0.25) is 9.89 Å². The van der Waals surface area contributed by atoms with Crippen LogP contribution in [-0.2, 0) is 4.74 Å². The first-order chi connectivity index (χ1) is 24.3. The highest BCUT2D eigenvalue weighted by Gasteiger charge is 2.12. The van der Waals surface area contributed by atoms with E-state index in [2.05, 4.69) is 113 Å². The molecule has 0 amide bonds. The number of allylic oxidation sites excluding steroid dienone is 2. The number of piperazine rings is 1. The van der Waals surface area contributed by atoms with Gasteiger partial charge in [0.1, 0.15) is 5.75 Å². The summed E-state index contributed by atoms with van der Waals surface area (Å²) in [5.41, 5.74) is 7.32. The van der Waals surface area contributed by atoms with Crippen molar-refractivity contribution in [3.8, 4) is 35.8 Å². The molecule has 0 radical (unpaired) electrons. The minimum absolute atomic E-state index is 0.257. The summed E-state index contributed by atoms with van der Waals surface area (Å²) in [6.45, 7) is 19.9. The first-order valence-electron chi connectivity index (χ1n) is 17.9. The number of nitrogens with zero attached hydrogens (tertiary/aromatic N) is 3. The van der Waals surface area contributed by atoms with Crippen molar-refractivity contribution in [3.63, 3.8) is 0 Å². The summed E-state index contributed by atoms with van der Waals surface area (Å²) in [5.74, 6) is 0.674. The van der Waals surface area contributed by atoms with Gasteiger partial charge >= 0.3 is 0 Å². The Morgan fingerprint density at radius 1 is 0.940 bits per heavy atom. The number of nitriles is 1. The van der Waals surface area contributed by atoms with E-state index in [1.165, 1.54) is 30.4 Å². The Balaban J connectivity index is 0.000000471. The van der Waals surface area contributed by atoms with E-state index in [4.69, 9.17) is 20.1 Å². The Kier molecular flexibility index (Phi) is 23.8. The quantitative estimate of drug-likeness (QED) is 0.0816. The summed E-state index contributed by atoms with van der Waals surface area (Å²) < 4.78 is 5.80. The van der Waals surface area contributed by atoms with Gasteiger partial charge in [-0.25, -0.2) is 0 Å². The number of benzene rings is 3. The van der Waals surface area contributed by atoms with Gasteiger partial charge < -0.3 is 15.2 Å². The third kappa shape index (κ3) is 17.8. The lowest BCUT2D eigenvalue weighted by molar-refractivity contribution is 0.118. The molecule has 1 aliphatic rings. The molecular formula is C44H60N4O2. The third-order valence-electron chi connectivity index (χ3n) is 8.07. The standard InChI is InChI=1S/C24H37N3O.C13H9NO.C5H12.C2H2/c1-5-21(4)24(22-10-7-6-8-11-22)26-23(20(2)3)12-9-18-28-19-17-27-15-13-25-14-16-27;14-9-10-1-3-11(4-2-10)12-5-7-13(15)8-6-12;1-3-5-4-2;1-2/h6-12,21,25H,5,13-19H2,1-4H3;1-8,15H;3-5H2,1-2H3;1-2H/b12-9-,26-24?;;;. The fourth-order valence-electron chi connectivity index (χ4n) is 4.89. The van der Waals surface area contributed by atoms with E-state index in [1.54, 1.807) is 24.3 Å². The number of hydrogen-bond donors (Lipinski definition) is 2. The summed E-state index contributed by atoms with van der Waals surface area (Å²) >= 11 is 0. The molecule has 0 spiro atoms. The maximum absolute atomic E-state index is 9.14. The van der Waals surface area contributed by atoms with E-state index in [0.29, 0.717) is 18.1 Å². The van der Waals surface area contributed by atoms with Crippen LogP contribution in [0.5, 0.6) is 5.75 Å². The van der Waals surface area contributed by atoms with E-state index < -0.39 is 0 Å². The van der Waals surface area contributed by atoms with Crippen LogP contribution in [0.2, 0.25) is 0 Å². The molecule has 1 heterocycles. The van der Waals surface area contributed by atoms with Crippen LogP contribution in [0, 0.1) is 30.1 Å². The van der Waals surface area contributed by atoms with Gasteiger partial charge in [-0.05, 0) is 73.2 Å². The van der Waals surface area contributed by atoms with Crippen molar-refractivity contribution >= 4 is 5.71 Å². The van der Waals surface area contributed by atoms with Crippen LogP contribution in [0.4, 0.5) is 0 Å². The molecule has 0 saturated carbocycles. The van der Waals surface area contributed by atoms with Crippen LogP contribution < -0.4 is 5.32 Å². The van der Waals surface area contributed by atoms with Gasteiger partial charge in [0, 0.05) is 32.7 Å². The Morgan fingerprint density at radius 3 is 2.02 bits per heavy atom. The number of hydrogen-bond acceptors (Lipinski definition) is 6. The molecule has 0 aromatic heterocycles. The summed E-state index contributed by atoms with van der Waals surface area (Å²) in [7, 11) is 0. The zero-order valence-corrected chi connectivity index (χ0v) is 31.4. The molecule has 4 rings (SSSR count). The van der Waals surface area contributed by atoms with Crippen molar-refractivity contribution in [2.45, 2.75) is 67.2 Å². The van der Waals surface area contributed by atoms with Gasteiger partial charge in [0.2, 0.25) is 0 Å². The molecule has 3 aromatic rings. The van der Waals surface area contributed by atoms with Crippen molar-refractivity contribution in [2.24, 2.45) is 10.9 Å². The number of phenolic OH excluding ortho intramolecular Hbond substituents is 1. The summed E-state index contributed by atoms with van der Waals surface area (Å²) in [4.78, 5) is 7.50. The van der Waals surface area contributed by atoms with Crippen molar-refractivity contribution in [2.75, 3.05) is 45.9 Å². The van der Waals surface area contributed by atoms with Crippen molar-refractivity contribution in [1.29, 1.82) is 5.26 Å². The molecule has 1 atom stereocenters. The number of rotatable bonds is 13. The maximum atomic E-state index is 9.14. The molecule has 1 aliphatic heterocycles. The molecule has 0 aliphatic carbocycles. The number of nitrogens with one attached hydrogen (secondary N) is 1. The average Bonchev–Trinajstić information content (AvgIpc) is 3.16. The first kappa shape index (κ1) is 43.6. The first-order valence-corrected chi connectivity index (χ1v) is 17.9. The van der Waals surface area contributed by atoms with Gasteiger partial charge in [0.05, 0.1) is 36.3 Å². The second-order valence-electron chi connectivity index (χ2n) is 12.2. The lowest BCUT2D eigenvalue weighted by Crippen LogP contribution is -2.44. The molecule has 6 heteroatoms. The SMILES string of the molecule is C#C.CCC(C)C(=NC(/C=C\COCCN1CCNCC1)=C(C)C)c1ccccc1.CCCCC.N#Cc1ccc(-c2ccc(O)cc2)cc1. The predicted octanol–water partition coefficient (Wildman–Crippen LogP) is 9.67. The second kappa shape index (κ2) is 27.4. The van der Waals surface area contributed by atoms with Crippen LogP contribution in [0.25, 0.3) is 11.1 Å². The number of ether oxygens (including phenoxy) is 1. The molecule has 1 saturated heterocycles. The Morgan fingerprint density at radius 2 is 1.52 bits per heavy atom. The van der Waals surface area contributed by atoms with Gasteiger partial charge in [-0.2, -0.15) is 5.26 Å². The normalized spacial score (nSPS) is 13.3. The predicted molar refractivity (Wildman–Crippen MR) is 213 cm³/mol. The molecule has 1 fully saturated rings. The number of aromatic hydroxyl groups is 1. The van der Waals surface area contributed by atoms with Gasteiger partial charge in [0.25, 0.3) is 0 Å². The van der Waals surface area contributed by atoms with Crippen LogP contribution >= 0.6 is 0 Å². The second-order valence-corrected chi connectivity index (χ2v) is 12.2. The Hall–Kier alpha value is -4.46. The van der Waals surface area contributed by atoms with Crippen LogP contribution in [0.3, 0.4) is 0 Å². The van der Waals surface area contributed by atoms with E-state index in [0.717, 1.165) is 68.3 Å². The van der Waals surface area contributed by atoms with Crippen LogP contribution in [-0.4, -0.2) is 61.7 Å². The fourth-order valence-corrected chi connectivity index (χ4v) is 4.89. The minimum Gasteiger partial charge on any atom is -0.508 e. The number of phenols is 1. The molecule has 50 heavy (non-hydrogen) atoms. The zero-order valence-electron chi connectivity index (χ0n) is 31.4. The van der Waals surface area contributed by atoms with E-state index in [9.17, 15) is 0 Å². The highest BCUT2D eigenvalue weighted by molar-refractivity contribution is 6.02. The average molecular weight is 677 g/mol. The van der Waals surface area contributed by atoms with E-state index >= 15 is 0 Å². The van der Waals surface area contributed by atoms with Crippen LogP contribution in [0.15, 0.2) is 107 Å². The van der Waals surface area contributed by atoms with Gasteiger partial charge in [-0.15, -0.1) is 12.8 Å². The largest absolute Gasteiger partial charge is 0.508 e. The maximum Gasteiger partial charge on any atom is 0.115 e. The molecule has 3 aromatic carbocycles. The molecule has 2 N–H and O–H groups in total. The molecule has 1 unspecified atom stereocenters. The fraction of sp³-hybridized carbons (Fsp3) is 0.409. The molecule has 6 nitrogen and oxygen atoms in total. The van der Waals surface area contributed by atoms with E-state index in [-0.39, 0.29) is 5.75 Å². The highest BCUT2D eigenvalue weighted by Crippen LogP contribution is 2.22. The van der Waals surface area contributed by atoms with Crippen molar-refractivity contribution in [1.82, 2.24) is 10.2 Å². The minimum atomic E-state index is 0.257. The third-order valence-corrected chi connectivity index (χ3v) is 8.07. The Labute approximate surface area is 303 Å². The Bertz CT molecular complexity index is 1450. The zero-order chi connectivity index (χ0) is 37.0. The summed E-state index contributed by atoms with van der Waals surface area (Å²) in [6.07, 6.45) is 17.3. The molecular weight excluding hydrogens is 617 g/mol. The topological polar surface area (TPSA) is 80.9 Å². The monoisotopic (exact) mass is 676 g/mol. The van der Waals surface area contributed by atoms with Gasteiger partial charge in [0.15, 0.2) is 0 Å². The van der Waals surface area contributed by atoms with E-state index in [1.807, 2.05) is 24.3 Å². The number of aliphatic imine (C=N–C) groups is 1. The molecule has 268 valence electrons. The highest BCUT2D eigenvalue weighted by atomic mass is 16.5.